The molecule has 0 bridgehead atoms. The van der Waals surface area contributed by atoms with Gasteiger partial charge in [0.05, 0.1) is 6.04 Å². The van der Waals surface area contributed by atoms with Crippen LogP contribution in [-0.4, -0.2) is 76.8 Å². The molecule has 4 unspecified atom stereocenters. The number of carboxylic acid groups (broad SMARTS) is 1. The normalized spacial score (nSPS) is 17.6. The number of H-pyrrole nitrogens is 1. The summed E-state index contributed by atoms with van der Waals surface area (Å²) in [5.41, 5.74) is 7.22. The van der Waals surface area contributed by atoms with E-state index in [1.54, 1.807) is 6.20 Å². The van der Waals surface area contributed by atoms with Crippen molar-refractivity contribution in [1.82, 2.24) is 26.3 Å². The number of aliphatic carboxylic acids is 1. The largest absolute Gasteiger partial charge is 0.480 e. The first-order valence-corrected chi connectivity index (χ1v) is 13.2. The maximum absolute atomic E-state index is 13.4. The molecular weight excluding hydrogens is 496 g/mol. The molecule has 12 heteroatoms. The lowest BCUT2D eigenvalue weighted by Crippen LogP contribution is -2.58. The highest BCUT2D eigenvalue weighted by molar-refractivity contribution is 7.80. The Morgan fingerprint density at radius 1 is 1.05 bits per heavy atom. The third-order valence-electron chi connectivity index (χ3n) is 6.49. The summed E-state index contributed by atoms with van der Waals surface area (Å²) in [6.07, 6.45) is 4.94. The predicted molar refractivity (Wildman–Crippen MR) is 143 cm³/mol. The third kappa shape index (κ3) is 7.94. The first-order valence-electron chi connectivity index (χ1n) is 12.6. The summed E-state index contributed by atoms with van der Waals surface area (Å²) in [6, 6.07) is 4.11. The first-order chi connectivity index (χ1) is 17.8. The average Bonchev–Trinajstić information content (AvgIpc) is 3.57. The summed E-state index contributed by atoms with van der Waals surface area (Å²) >= 11 is 4.19. The second kappa shape index (κ2) is 14.0. The highest BCUT2D eigenvalue weighted by Gasteiger charge is 2.31. The number of rotatable bonds is 14. The molecule has 202 valence electrons. The van der Waals surface area contributed by atoms with Gasteiger partial charge in [0.2, 0.25) is 17.7 Å². The van der Waals surface area contributed by atoms with E-state index in [2.05, 4.69) is 38.9 Å². The van der Waals surface area contributed by atoms with Crippen LogP contribution in [0, 0.1) is 0 Å². The zero-order valence-corrected chi connectivity index (χ0v) is 21.6. The summed E-state index contributed by atoms with van der Waals surface area (Å²) < 4.78 is 0. The van der Waals surface area contributed by atoms with Crippen LogP contribution in [0.15, 0.2) is 30.5 Å². The number of para-hydroxylation sites is 1. The Hall–Kier alpha value is -3.09. The van der Waals surface area contributed by atoms with Crippen molar-refractivity contribution >= 4 is 47.2 Å². The van der Waals surface area contributed by atoms with Crippen LogP contribution in [-0.2, 0) is 25.6 Å². The average molecular weight is 533 g/mol. The second-order valence-electron chi connectivity index (χ2n) is 9.20. The summed E-state index contributed by atoms with van der Waals surface area (Å²) in [4.78, 5) is 53.8. The summed E-state index contributed by atoms with van der Waals surface area (Å²) in [5.74, 6) is -2.71. The number of hydrogen-bond donors (Lipinski definition) is 8. The Balaban J connectivity index is 1.72. The highest BCUT2D eigenvalue weighted by Crippen LogP contribution is 2.19. The quantitative estimate of drug-likeness (QED) is 0.125. The van der Waals surface area contributed by atoms with E-state index in [0.29, 0.717) is 25.8 Å². The molecule has 4 atom stereocenters. The molecule has 1 aliphatic heterocycles. The molecule has 11 nitrogen and oxygen atoms in total. The van der Waals surface area contributed by atoms with Gasteiger partial charge in [-0.15, -0.1) is 0 Å². The van der Waals surface area contributed by atoms with Crippen LogP contribution in [0.2, 0.25) is 0 Å². The van der Waals surface area contributed by atoms with E-state index < -0.39 is 35.9 Å². The number of carbonyl (C=O) groups is 4. The van der Waals surface area contributed by atoms with Gasteiger partial charge in [0, 0.05) is 29.3 Å². The van der Waals surface area contributed by atoms with Gasteiger partial charge in [-0.1, -0.05) is 18.2 Å². The fourth-order valence-electron chi connectivity index (χ4n) is 4.40. The number of unbranched alkanes of at least 4 members (excludes halogenated alkanes) is 1. The molecule has 3 amide bonds. The van der Waals surface area contributed by atoms with Crippen molar-refractivity contribution in [3.05, 3.63) is 36.0 Å². The number of amides is 3. The van der Waals surface area contributed by atoms with Gasteiger partial charge in [-0.25, -0.2) is 4.79 Å². The Kier molecular flexibility index (Phi) is 10.8. The number of benzene rings is 1. The van der Waals surface area contributed by atoms with Gasteiger partial charge in [-0.2, -0.15) is 12.6 Å². The molecule has 0 saturated carbocycles. The van der Waals surface area contributed by atoms with Crippen molar-refractivity contribution < 1.29 is 24.3 Å². The maximum Gasteiger partial charge on any atom is 0.326 e. The number of aromatic amines is 1. The molecule has 1 aromatic carbocycles. The fourth-order valence-corrected chi connectivity index (χ4v) is 4.66. The van der Waals surface area contributed by atoms with Crippen molar-refractivity contribution in [2.24, 2.45) is 5.73 Å². The van der Waals surface area contributed by atoms with Crippen molar-refractivity contribution in [1.29, 1.82) is 0 Å². The lowest BCUT2D eigenvalue weighted by Gasteiger charge is -2.24. The van der Waals surface area contributed by atoms with Gasteiger partial charge in [-0.05, 0) is 56.8 Å². The molecule has 0 aliphatic carbocycles. The minimum Gasteiger partial charge on any atom is -0.480 e. The van der Waals surface area contributed by atoms with Crippen LogP contribution in [0.1, 0.15) is 37.7 Å². The molecule has 0 spiro atoms. The summed E-state index contributed by atoms with van der Waals surface area (Å²) in [7, 11) is 0. The van der Waals surface area contributed by atoms with Crippen LogP contribution in [0.4, 0.5) is 0 Å². The summed E-state index contributed by atoms with van der Waals surface area (Å²) in [6.45, 7) is 1.16. The number of thiol groups is 1. The molecule has 2 heterocycles. The van der Waals surface area contributed by atoms with Crippen LogP contribution in [0.5, 0.6) is 0 Å². The number of nitrogens with one attached hydrogen (secondary N) is 5. The van der Waals surface area contributed by atoms with E-state index in [-0.39, 0.29) is 30.5 Å². The second-order valence-corrected chi connectivity index (χ2v) is 9.57. The molecule has 0 radical (unpaired) electrons. The van der Waals surface area contributed by atoms with Crippen LogP contribution < -0.4 is 27.0 Å². The van der Waals surface area contributed by atoms with Gasteiger partial charge in [0.15, 0.2) is 0 Å². The fraction of sp³-hybridized carbons (Fsp3) is 0.520. The van der Waals surface area contributed by atoms with E-state index in [4.69, 9.17) is 5.73 Å². The molecule has 1 aliphatic rings. The third-order valence-corrected chi connectivity index (χ3v) is 6.85. The Bertz CT molecular complexity index is 1090. The highest BCUT2D eigenvalue weighted by atomic mass is 32.1. The van der Waals surface area contributed by atoms with E-state index in [0.717, 1.165) is 29.4 Å². The topological polar surface area (TPSA) is 178 Å². The van der Waals surface area contributed by atoms with Gasteiger partial charge in [0.25, 0.3) is 0 Å². The molecule has 1 fully saturated rings. The van der Waals surface area contributed by atoms with Gasteiger partial charge in [0.1, 0.15) is 18.1 Å². The van der Waals surface area contributed by atoms with Gasteiger partial charge < -0.3 is 37.1 Å². The Labute approximate surface area is 221 Å². The molecule has 3 rings (SSSR count). The number of aromatic nitrogens is 1. The lowest BCUT2D eigenvalue weighted by atomic mass is 10.0. The van der Waals surface area contributed by atoms with Crippen molar-refractivity contribution in [3.63, 3.8) is 0 Å². The number of carbonyl (C=O) groups excluding carboxylic acids is 3. The Morgan fingerprint density at radius 3 is 2.46 bits per heavy atom. The number of nitrogens with two attached hydrogens (primary N) is 1. The van der Waals surface area contributed by atoms with Crippen molar-refractivity contribution in [3.8, 4) is 0 Å². The van der Waals surface area contributed by atoms with Crippen molar-refractivity contribution in [2.45, 2.75) is 62.7 Å². The van der Waals surface area contributed by atoms with E-state index in [1.165, 1.54) is 0 Å². The maximum atomic E-state index is 13.4. The molecule has 2 aromatic rings. The Morgan fingerprint density at radius 2 is 1.78 bits per heavy atom. The first kappa shape index (κ1) is 28.5. The van der Waals surface area contributed by atoms with Crippen LogP contribution in [0.3, 0.4) is 0 Å². The van der Waals surface area contributed by atoms with Crippen LogP contribution >= 0.6 is 12.6 Å². The summed E-state index contributed by atoms with van der Waals surface area (Å²) in [5, 5.41) is 21.5. The van der Waals surface area contributed by atoms with E-state index in [9.17, 15) is 24.3 Å². The number of hydrogen-bond acceptors (Lipinski definition) is 7. The standard InChI is InChI=1S/C25H36N6O5S/c26-10-4-3-8-19(25(35)36)29-24(34)21(14-37)31-23(33)20(30-22(32)18-9-5-11-27-18)12-15-13-28-17-7-2-1-6-16(15)17/h1-2,6-7,13,18-21,27-28,37H,3-5,8-12,14,26H2,(H,29,34)(H,30,32)(H,31,33)(H,35,36). The minimum atomic E-state index is -1.16. The van der Waals surface area contributed by atoms with Crippen molar-refractivity contribution in [2.75, 3.05) is 18.8 Å². The minimum absolute atomic E-state index is 0.0509. The molecular formula is C25H36N6O5S. The zero-order valence-electron chi connectivity index (χ0n) is 20.7. The predicted octanol–water partition coefficient (Wildman–Crippen LogP) is 0.0602. The number of carboxylic acids is 1. The lowest BCUT2D eigenvalue weighted by molar-refractivity contribution is -0.142. The van der Waals surface area contributed by atoms with Gasteiger partial charge in [-0.3, -0.25) is 14.4 Å². The molecule has 37 heavy (non-hydrogen) atoms. The molecule has 8 N–H and O–H groups in total. The molecule has 1 aromatic heterocycles. The molecule has 1 saturated heterocycles. The smallest absolute Gasteiger partial charge is 0.326 e. The monoisotopic (exact) mass is 532 g/mol. The SMILES string of the molecule is NCCCCC(NC(=O)C(CS)NC(=O)C(Cc1c[nH]c2ccccc12)NC(=O)C1CCCN1)C(=O)O. The van der Waals surface area contributed by atoms with E-state index >= 15 is 0 Å². The van der Waals surface area contributed by atoms with Gasteiger partial charge >= 0.3 is 5.97 Å². The van der Waals surface area contributed by atoms with E-state index in [1.807, 2.05) is 24.3 Å². The number of fused-ring (bicyclic) bond motifs is 1. The van der Waals surface area contributed by atoms with Crippen LogP contribution in [0.25, 0.3) is 10.9 Å². The zero-order chi connectivity index (χ0) is 26.8.